The molecule has 0 bridgehead atoms. The molecule has 9 nitrogen and oxygen atoms in total. The van der Waals surface area contributed by atoms with Gasteiger partial charge in [-0.25, -0.2) is 9.97 Å². The van der Waals surface area contributed by atoms with Gasteiger partial charge in [-0.1, -0.05) is 6.07 Å². The molecule has 0 saturated carbocycles. The molecule has 1 atom stereocenters. The summed E-state index contributed by atoms with van der Waals surface area (Å²) in [5, 5.41) is 10.1. The third-order valence-electron chi connectivity index (χ3n) is 5.70. The number of carbonyl (C=O) groups is 2. The van der Waals surface area contributed by atoms with E-state index < -0.39 is 0 Å². The molecule has 2 aromatic heterocycles. The molecule has 3 aromatic rings. The molecule has 1 aromatic carbocycles. The molecule has 4 heterocycles. The first-order chi connectivity index (χ1) is 14.7. The van der Waals surface area contributed by atoms with Gasteiger partial charge < -0.3 is 25.8 Å². The molecule has 0 radical (unpaired) electrons. The number of hydrogen-bond donors (Lipinski definition) is 4. The van der Waals surface area contributed by atoms with Crippen LogP contribution in [0.5, 0.6) is 0 Å². The van der Waals surface area contributed by atoms with Crippen molar-refractivity contribution in [3.63, 3.8) is 0 Å². The fraction of sp³-hybridized carbons (Fsp3) is 0.333. The highest BCUT2D eigenvalue weighted by atomic mass is 16.2. The highest BCUT2D eigenvalue weighted by Crippen LogP contribution is 2.25. The third-order valence-corrected chi connectivity index (χ3v) is 5.70. The van der Waals surface area contributed by atoms with E-state index in [2.05, 4.69) is 35.8 Å². The molecule has 9 heteroatoms. The number of benzene rings is 1. The van der Waals surface area contributed by atoms with Gasteiger partial charge in [-0.2, -0.15) is 0 Å². The lowest BCUT2D eigenvalue weighted by Gasteiger charge is -2.34. The summed E-state index contributed by atoms with van der Waals surface area (Å²) in [7, 11) is 0. The van der Waals surface area contributed by atoms with E-state index in [1.807, 2.05) is 24.4 Å². The van der Waals surface area contributed by atoms with Crippen LogP contribution in [-0.4, -0.2) is 52.4 Å². The third kappa shape index (κ3) is 3.42. The van der Waals surface area contributed by atoms with Gasteiger partial charge in [-0.05, 0) is 31.0 Å². The second-order valence-corrected chi connectivity index (χ2v) is 7.66. The van der Waals surface area contributed by atoms with Gasteiger partial charge in [0.1, 0.15) is 17.8 Å². The van der Waals surface area contributed by atoms with E-state index in [4.69, 9.17) is 0 Å². The van der Waals surface area contributed by atoms with Crippen LogP contribution >= 0.6 is 0 Å². The van der Waals surface area contributed by atoms with E-state index in [1.54, 1.807) is 12.4 Å². The van der Waals surface area contributed by atoms with Crippen molar-refractivity contribution in [2.75, 3.05) is 29.9 Å². The van der Waals surface area contributed by atoms with Gasteiger partial charge in [0.25, 0.3) is 5.91 Å². The topological polar surface area (TPSA) is 115 Å². The molecule has 0 spiro atoms. The van der Waals surface area contributed by atoms with Crippen molar-refractivity contribution in [2.45, 2.75) is 25.4 Å². The van der Waals surface area contributed by atoms with Gasteiger partial charge in [0.15, 0.2) is 0 Å². The number of nitrogens with zero attached hydrogens (tertiary/aromatic N) is 3. The SMILES string of the molecule is O=C(CNc1cccc2c1CNC2=O)N[C@@H]1CCCN(c2ncnc3[nH]ccc23)C1. The molecule has 4 N–H and O–H groups in total. The highest BCUT2D eigenvalue weighted by Gasteiger charge is 2.25. The average molecular weight is 405 g/mol. The van der Waals surface area contributed by atoms with Crippen molar-refractivity contribution in [1.82, 2.24) is 25.6 Å². The van der Waals surface area contributed by atoms with E-state index >= 15 is 0 Å². The van der Waals surface area contributed by atoms with Crippen LogP contribution < -0.4 is 20.9 Å². The summed E-state index contributed by atoms with van der Waals surface area (Å²) < 4.78 is 0. The van der Waals surface area contributed by atoms with Crippen LogP contribution in [0.1, 0.15) is 28.8 Å². The Morgan fingerprint density at radius 2 is 2.20 bits per heavy atom. The fourth-order valence-electron chi connectivity index (χ4n) is 4.27. The molecule has 0 aliphatic carbocycles. The molecule has 2 aliphatic heterocycles. The quantitative estimate of drug-likeness (QED) is 0.510. The van der Waals surface area contributed by atoms with Gasteiger partial charge in [0.2, 0.25) is 5.91 Å². The molecular formula is C21H23N7O2. The van der Waals surface area contributed by atoms with E-state index in [-0.39, 0.29) is 24.4 Å². The monoisotopic (exact) mass is 405 g/mol. The summed E-state index contributed by atoms with van der Waals surface area (Å²) in [6.07, 6.45) is 5.34. The average Bonchev–Trinajstić information content (AvgIpc) is 3.39. The predicted octanol–water partition coefficient (Wildman–Crippen LogP) is 1.40. The number of anilines is 2. The molecule has 154 valence electrons. The zero-order chi connectivity index (χ0) is 20.5. The smallest absolute Gasteiger partial charge is 0.251 e. The highest BCUT2D eigenvalue weighted by molar-refractivity contribution is 6.00. The number of nitrogens with one attached hydrogen (secondary N) is 4. The number of fused-ring (bicyclic) bond motifs is 2. The minimum Gasteiger partial charge on any atom is -0.376 e. The lowest BCUT2D eigenvalue weighted by molar-refractivity contribution is -0.120. The lowest BCUT2D eigenvalue weighted by atomic mass is 10.1. The standard InChI is InChI=1S/C21H23N7O2/c29-18(10-23-17-5-1-4-14-16(17)9-24-21(14)30)27-13-3-2-8-28(11-13)20-15-6-7-22-19(15)25-12-26-20/h1,4-7,12-13,23H,2-3,8-11H2,(H,24,30)(H,27,29)(H,22,25,26)/t13-/m1/s1. The Kier molecular flexibility index (Phi) is 4.70. The first-order valence-electron chi connectivity index (χ1n) is 10.2. The Bertz CT molecular complexity index is 1110. The van der Waals surface area contributed by atoms with E-state index in [9.17, 15) is 9.59 Å². The van der Waals surface area contributed by atoms with Crippen molar-refractivity contribution in [3.8, 4) is 0 Å². The Labute approximate surface area is 173 Å². The first-order valence-corrected chi connectivity index (χ1v) is 10.2. The zero-order valence-electron chi connectivity index (χ0n) is 16.4. The molecule has 1 fully saturated rings. The molecule has 0 unspecified atom stereocenters. The van der Waals surface area contributed by atoms with Gasteiger partial charge in [-0.3, -0.25) is 9.59 Å². The Morgan fingerprint density at radius 3 is 3.13 bits per heavy atom. The van der Waals surface area contributed by atoms with Crippen LogP contribution in [0.15, 0.2) is 36.8 Å². The summed E-state index contributed by atoms with van der Waals surface area (Å²) in [6.45, 7) is 2.26. The summed E-state index contributed by atoms with van der Waals surface area (Å²) >= 11 is 0. The van der Waals surface area contributed by atoms with E-state index in [1.165, 1.54) is 0 Å². The normalized spacial score (nSPS) is 18.2. The number of amides is 2. The summed E-state index contributed by atoms with van der Waals surface area (Å²) in [5.41, 5.74) is 3.23. The van der Waals surface area contributed by atoms with Crippen molar-refractivity contribution >= 4 is 34.4 Å². The predicted molar refractivity (Wildman–Crippen MR) is 113 cm³/mol. The van der Waals surface area contributed by atoms with Crippen molar-refractivity contribution in [3.05, 3.63) is 47.9 Å². The molecule has 1 saturated heterocycles. The maximum atomic E-state index is 12.6. The largest absolute Gasteiger partial charge is 0.376 e. The molecular weight excluding hydrogens is 382 g/mol. The maximum absolute atomic E-state index is 12.6. The second-order valence-electron chi connectivity index (χ2n) is 7.66. The minimum atomic E-state index is -0.0679. The number of H-pyrrole nitrogens is 1. The summed E-state index contributed by atoms with van der Waals surface area (Å²) in [6, 6.07) is 7.56. The number of rotatable bonds is 5. The maximum Gasteiger partial charge on any atom is 0.251 e. The van der Waals surface area contributed by atoms with Gasteiger partial charge in [0.05, 0.1) is 11.9 Å². The second kappa shape index (κ2) is 7.66. The van der Waals surface area contributed by atoms with Crippen molar-refractivity contribution < 1.29 is 9.59 Å². The number of carbonyl (C=O) groups excluding carboxylic acids is 2. The van der Waals surface area contributed by atoms with Gasteiger partial charge in [0, 0.05) is 48.7 Å². The zero-order valence-corrected chi connectivity index (χ0v) is 16.4. The van der Waals surface area contributed by atoms with Crippen LogP contribution in [0.25, 0.3) is 11.0 Å². The minimum absolute atomic E-state index is 0.0572. The van der Waals surface area contributed by atoms with Gasteiger partial charge in [-0.15, -0.1) is 0 Å². The van der Waals surface area contributed by atoms with Gasteiger partial charge >= 0.3 is 0 Å². The summed E-state index contributed by atoms with van der Waals surface area (Å²) in [4.78, 5) is 38.4. The van der Waals surface area contributed by atoms with Crippen molar-refractivity contribution in [1.29, 1.82) is 0 Å². The Balaban J connectivity index is 1.21. The molecule has 30 heavy (non-hydrogen) atoms. The van der Waals surface area contributed by atoms with E-state index in [0.29, 0.717) is 18.7 Å². The Morgan fingerprint density at radius 1 is 1.27 bits per heavy atom. The first kappa shape index (κ1) is 18.4. The van der Waals surface area contributed by atoms with Crippen LogP contribution in [0.4, 0.5) is 11.5 Å². The van der Waals surface area contributed by atoms with Crippen molar-refractivity contribution in [2.24, 2.45) is 0 Å². The Hall–Kier alpha value is -3.62. The number of aromatic amines is 1. The molecule has 5 rings (SSSR count). The van der Waals surface area contributed by atoms with Crippen LogP contribution in [-0.2, 0) is 11.3 Å². The number of piperidine rings is 1. The van der Waals surface area contributed by atoms with E-state index in [0.717, 1.165) is 47.5 Å². The van der Waals surface area contributed by atoms with Crippen LogP contribution in [0.3, 0.4) is 0 Å². The number of hydrogen-bond acceptors (Lipinski definition) is 6. The number of aromatic nitrogens is 3. The van der Waals surface area contributed by atoms with Crippen LogP contribution in [0, 0.1) is 0 Å². The molecule has 2 aliphatic rings. The lowest BCUT2D eigenvalue weighted by Crippen LogP contribution is -2.49. The van der Waals surface area contributed by atoms with Crippen LogP contribution in [0.2, 0.25) is 0 Å². The fourth-order valence-corrected chi connectivity index (χ4v) is 4.27. The molecule has 2 amide bonds. The summed E-state index contributed by atoms with van der Waals surface area (Å²) in [5.74, 6) is 0.767.